The average molecular weight is 379 g/mol. The number of ether oxygens (including phenoxy) is 1. The van der Waals surface area contributed by atoms with E-state index in [-0.39, 0.29) is 6.54 Å². The van der Waals surface area contributed by atoms with Gasteiger partial charge in [0.2, 0.25) is 0 Å². The first-order valence-corrected chi connectivity index (χ1v) is 8.66. The summed E-state index contributed by atoms with van der Waals surface area (Å²) in [7, 11) is 0. The van der Waals surface area contributed by atoms with Gasteiger partial charge in [-0.15, -0.1) is 0 Å². The van der Waals surface area contributed by atoms with Crippen molar-refractivity contribution in [3.05, 3.63) is 64.7 Å². The third-order valence-corrected chi connectivity index (χ3v) is 4.12. The van der Waals surface area contributed by atoms with E-state index >= 15 is 0 Å². The van der Waals surface area contributed by atoms with E-state index in [9.17, 15) is 14.4 Å². The lowest BCUT2D eigenvalue weighted by Crippen LogP contribution is -2.35. The number of amides is 2. The number of hydrogen-bond donors (Lipinski definition) is 2. The second-order valence-electron chi connectivity index (χ2n) is 6.29. The monoisotopic (exact) mass is 379 g/mol. The highest BCUT2D eigenvalue weighted by atomic mass is 16.5. The number of carbonyl (C=O) groups excluding carboxylic acids is 3. The molecule has 0 aliphatic rings. The number of carbonyl (C=O) groups is 3. The minimum Gasteiger partial charge on any atom is -0.451 e. The van der Waals surface area contributed by atoms with Crippen molar-refractivity contribution < 1.29 is 19.1 Å². The smallest absolute Gasteiger partial charge is 0.326 e. The Morgan fingerprint density at radius 2 is 1.75 bits per heavy atom. The van der Waals surface area contributed by atoms with Gasteiger partial charge in [0.25, 0.3) is 11.8 Å². The molecule has 0 fully saturated rings. The van der Waals surface area contributed by atoms with Crippen LogP contribution in [0.1, 0.15) is 34.0 Å². The van der Waals surface area contributed by atoms with Crippen LogP contribution in [0.25, 0.3) is 0 Å². The fraction of sp³-hybridized carbons (Fsp3) is 0.238. The van der Waals surface area contributed by atoms with Gasteiger partial charge in [0, 0.05) is 11.3 Å². The number of esters is 1. The normalized spacial score (nSPS) is 11.1. The van der Waals surface area contributed by atoms with E-state index in [1.807, 2.05) is 26.0 Å². The van der Waals surface area contributed by atoms with Crippen LogP contribution >= 0.6 is 0 Å². The predicted octanol–water partition coefficient (Wildman–Crippen LogP) is 2.48. The number of hydrogen-bond acceptors (Lipinski definition) is 5. The number of aryl methyl sites for hydroxylation is 2. The van der Waals surface area contributed by atoms with Crippen LogP contribution in [0.3, 0.4) is 0 Å². The maximum atomic E-state index is 12.1. The molecule has 2 aromatic carbocycles. The number of benzene rings is 2. The van der Waals surface area contributed by atoms with Crippen LogP contribution in [0.4, 0.5) is 5.69 Å². The fourth-order valence-electron chi connectivity index (χ4n) is 2.30. The Balaban J connectivity index is 1.82. The highest BCUT2D eigenvalue weighted by molar-refractivity contribution is 5.97. The molecule has 0 aromatic heterocycles. The molecule has 0 saturated heterocycles. The molecule has 1 atom stereocenters. The van der Waals surface area contributed by atoms with Gasteiger partial charge in [0.05, 0.1) is 11.6 Å². The summed E-state index contributed by atoms with van der Waals surface area (Å²) in [5.74, 6) is -1.63. The van der Waals surface area contributed by atoms with Gasteiger partial charge in [-0.25, -0.2) is 0 Å². The van der Waals surface area contributed by atoms with E-state index < -0.39 is 23.9 Å². The molecule has 2 N–H and O–H groups in total. The molecule has 0 spiro atoms. The fourth-order valence-corrected chi connectivity index (χ4v) is 2.30. The molecule has 0 heterocycles. The summed E-state index contributed by atoms with van der Waals surface area (Å²) in [6, 6.07) is 13.5. The summed E-state index contributed by atoms with van der Waals surface area (Å²) in [5, 5.41) is 13.8. The standard InChI is InChI=1S/C21H21N3O4/c1-13-4-7-17(10-14(13)2)21(27)23-12-19(25)28-15(3)20(26)24-18-8-5-16(11-22)6-9-18/h4-10,15H,12H2,1-3H3,(H,23,27)(H,24,26)/t15-/m1/s1. The van der Waals surface area contributed by atoms with E-state index in [0.717, 1.165) is 11.1 Å². The van der Waals surface area contributed by atoms with E-state index in [2.05, 4.69) is 10.6 Å². The quantitative estimate of drug-likeness (QED) is 0.750. The molecule has 0 aliphatic carbocycles. The van der Waals surface area contributed by atoms with Crippen LogP contribution in [0.2, 0.25) is 0 Å². The first-order valence-electron chi connectivity index (χ1n) is 8.66. The SMILES string of the molecule is Cc1ccc(C(=O)NCC(=O)O[C@H](C)C(=O)Nc2ccc(C#N)cc2)cc1C. The van der Waals surface area contributed by atoms with Crippen molar-refractivity contribution in [1.82, 2.24) is 5.32 Å². The zero-order valence-electron chi connectivity index (χ0n) is 15.9. The lowest BCUT2D eigenvalue weighted by Gasteiger charge is -2.14. The molecule has 0 bridgehead atoms. The topological polar surface area (TPSA) is 108 Å². The molecule has 28 heavy (non-hydrogen) atoms. The molecule has 0 radical (unpaired) electrons. The Bertz CT molecular complexity index is 930. The van der Waals surface area contributed by atoms with Crippen molar-refractivity contribution >= 4 is 23.5 Å². The van der Waals surface area contributed by atoms with Gasteiger partial charge in [-0.1, -0.05) is 6.07 Å². The van der Waals surface area contributed by atoms with Gasteiger partial charge < -0.3 is 15.4 Å². The van der Waals surface area contributed by atoms with Crippen LogP contribution in [-0.4, -0.2) is 30.4 Å². The molecule has 2 aromatic rings. The molecule has 7 nitrogen and oxygen atoms in total. The maximum Gasteiger partial charge on any atom is 0.326 e. The van der Waals surface area contributed by atoms with Crippen molar-refractivity contribution in [3.63, 3.8) is 0 Å². The van der Waals surface area contributed by atoms with Crippen molar-refractivity contribution in [1.29, 1.82) is 5.26 Å². The van der Waals surface area contributed by atoms with Crippen LogP contribution in [0.15, 0.2) is 42.5 Å². The van der Waals surface area contributed by atoms with E-state index in [1.54, 1.807) is 36.4 Å². The Morgan fingerprint density at radius 1 is 1.07 bits per heavy atom. The molecule has 7 heteroatoms. The zero-order valence-corrected chi connectivity index (χ0v) is 15.9. The first-order chi connectivity index (χ1) is 13.3. The Kier molecular flexibility index (Phi) is 6.88. The zero-order chi connectivity index (χ0) is 20.7. The van der Waals surface area contributed by atoms with Crippen molar-refractivity contribution in [3.8, 4) is 6.07 Å². The maximum absolute atomic E-state index is 12.1. The molecule has 144 valence electrons. The molecule has 2 rings (SSSR count). The van der Waals surface area contributed by atoms with Crippen LogP contribution < -0.4 is 10.6 Å². The average Bonchev–Trinajstić information content (AvgIpc) is 2.68. The van der Waals surface area contributed by atoms with Gasteiger partial charge in [0.1, 0.15) is 6.54 Å². The summed E-state index contributed by atoms with van der Waals surface area (Å²) in [6.45, 7) is 4.93. The van der Waals surface area contributed by atoms with E-state index in [0.29, 0.717) is 16.8 Å². The molecule has 0 unspecified atom stereocenters. The summed E-state index contributed by atoms with van der Waals surface area (Å²) >= 11 is 0. The van der Waals surface area contributed by atoms with Gasteiger partial charge in [0.15, 0.2) is 6.10 Å². The van der Waals surface area contributed by atoms with Crippen molar-refractivity contribution in [2.75, 3.05) is 11.9 Å². The highest BCUT2D eigenvalue weighted by Crippen LogP contribution is 2.11. The van der Waals surface area contributed by atoms with Crippen molar-refractivity contribution in [2.45, 2.75) is 26.9 Å². The minimum absolute atomic E-state index is 0.347. The second kappa shape index (κ2) is 9.33. The van der Waals surface area contributed by atoms with Crippen molar-refractivity contribution in [2.24, 2.45) is 0 Å². The van der Waals surface area contributed by atoms with E-state index in [1.165, 1.54) is 6.92 Å². The number of anilines is 1. The number of nitriles is 1. The van der Waals surface area contributed by atoms with Gasteiger partial charge in [-0.05, 0) is 68.3 Å². The Hall–Kier alpha value is -3.66. The largest absolute Gasteiger partial charge is 0.451 e. The third-order valence-electron chi connectivity index (χ3n) is 4.12. The van der Waals surface area contributed by atoms with Gasteiger partial charge in [-0.3, -0.25) is 14.4 Å². The lowest BCUT2D eigenvalue weighted by atomic mass is 10.1. The number of rotatable bonds is 6. The van der Waals surface area contributed by atoms with Gasteiger partial charge >= 0.3 is 5.97 Å². The summed E-state index contributed by atoms with van der Waals surface area (Å²) < 4.78 is 5.04. The lowest BCUT2D eigenvalue weighted by molar-refractivity contribution is -0.152. The molecule has 2 amide bonds. The molecular weight excluding hydrogens is 358 g/mol. The molecular formula is C21H21N3O4. The Labute approximate surface area is 163 Å². The van der Waals surface area contributed by atoms with Crippen LogP contribution in [0, 0.1) is 25.2 Å². The van der Waals surface area contributed by atoms with Crippen LogP contribution in [0.5, 0.6) is 0 Å². The minimum atomic E-state index is -1.04. The number of nitrogens with zero attached hydrogens (tertiary/aromatic N) is 1. The van der Waals surface area contributed by atoms with Crippen LogP contribution in [-0.2, 0) is 14.3 Å². The molecule has 0 saturated carbocycles. The third kappa shape index (κ3) is 5.68. The predicted molar refractivity (Wildman–Crippen MR) is 104 cm³/mol. The van der Waals surface area contributed by atoms with Gasteiger partial charge in [-0.2, -0.15) is 5.26 Å². The second-order valence-corrected chi connectivity index (χ2v) is 6.29. The molecule has 0 aliphatic heterocycles. The summed E-state index contributed by atoms with van der Waals surface area (Å²) in [5.41, 5.74) is 3.44. The summed E-state index contributed by atoms with van der Waals surface area (Å²) in [6.07, 6.45) is -1.04. The Morgan fingerprint density at radius 3 is 2.36 bits per heavy atom. The van der Waals surface area contributed by atoms with E-state index in [4.69, 9.17) is 10.00 Å². The first kappa shape index (κ1) is 20.6. The highest BCUT2D eigenvalue weighted by Gasteiger charge is 2.18. The summed E-state index contributed by atoms with van der Waals surface area (Å²) in [4.78, 5) is 36.1. The number of nitrogens with one attached hydrogen (secondary N) is 2.